The summed E-state index contributed by atoms with van der Waals surface area (Å²) in [6.07, 6.45) is 2.19. The van der Waals surface area contributed by atoms with Crippen molar-refractivity contribution in [3.8, 4) is 5.75 Å². The molecule has 1 aliphatic heterocycles. The van der Waals surface area contributed by atoms with Gasteiger partial charge in [-0.15, -0.1) is 0 Å². The molecule has 1 fully saturated rings. The maximum absolute atomic E-state index is 12.2. The molecule has 1 aliphatic rings. The third-order valence-electron chi connectivity index (χ3n) is 4.59. The van der Waals surface area contributed by atoms with Gasteiger partial charge >= 0.3 is 5.97 Å². The monoisotopic (exact) mass is 370 g/mol. The van der Waals surface area contributed by atoms with Crippen molar-refractivity contribution in [3.05, 3.63) is 42.5 Å². The van der Waals surface area contributed by atoms with Crippen LogP contribution in [0.4, 0.5) is 0 Å². The predicted octanol–water partition coefficient (Wildman–Crippen LogP) is 1.63. The normalized spacial score (nSPS) is 16.7. The number of hydrogen-bond acceptors (Lipinski definition) is 5. The second-order valence-electron chi connectivity index (χ2n) is 6.46. The maximum atomic E-state index is 12.2. The lowest BCUT2D eigenvalue weighted by Crippen LogP contribution is -2.51. The van der Waals surface area contributed by atoms with E-state index in [9.17, 15) is 14.4 Å². The van der Waals surface area contributed by atoms with E-state index >= 15 is 0 Å². The molecule has 1 atom stereocenters. The molecule has 3 rings (SSSR count). The second kappa shape index (κ2) is 8.53. The molecule has 2 amide bonds. The number of nitrogens with zero attached hydrogens (tertiary/aromatic N) is 1. The lowest BCUT2D eigenvalue weighted by molar-refractivity contribution is -0.156. The highest BCUT2D eigenvalue weighted by Gasteiger charge is 2.30. The molecule has 0 aromatic heterocycles. The van der Waals surface area contributed by atoms with Crippen LogP contribution in [0.3, 0.4) is 0 Å². The first-order valence-electron chi connectivity index (χ1n) is 8.90. The second-order valence-corrected chi connectivity index (χ2v) is 6.46. The Morgan fingerprint density at radius 1 is 1.04 bits per heavy atom. The van der Waals surface area contributed by atoms with Gasteiger partial charge in [-0.3, -0.25) is 9.59 Å². The molecule has 7 heteroatoms. The first-order chi connectivity index (χ1) is 13.0. The van der Waals surface area contributed by atoms with Crippen molar-refractivity contribution in [3.63, 3.8) is 0 Å². The molecule has 1 saturated heterocycles. The molecule has 2 aromatic rings. The number of likely N-dealkylation sites (tertiary alicyclic amines) is 1. The van der Waals surface area contributed by atoms with E-state index in [0.29, 0.717) is 18.7 Å². The molecule has 0 unspecified atom stereocenters. The van der Waals surface area contributed by atoms with Gasteiger partial charge in [0.05, 0.1) is 0 Å². The highest BCUT2D eigenvalue weighted by Crippen LogP contribution is 2.20. The highest BCUT2D eigenvalue weighted by atomic mass is 16.6. The third kappa shape index (κ3) is 4.75. The lowest BCUT2D eigenvalue weighted by Gasteiger charge is -2.33. The predicted molar refractivity (Wildman–Crippen MR) is 98.9 cm³/mol. The number of primary amides is 1. The molecule has 27 heavy (non-hydrogen) atoms. The van der Waals surface area contributed by atoms with Crippen LogP contribution >= 0.6 is 0 Å². The van der Waals surface area contributed by atoms with Crippen LogP contribution in [0.2, 0.25) is 0 Å². The zero-order chi connectivity index (χ0) is 19.2. The van der Waals surface area contributed by atoms with Crippen molar-refractivity contribution >= 4 is 28.6 Å². The standard InChI is InChI=1S/C20H22N2O5/c21-20(25)17-7-3-4-10-22(17)18(23)12-27-19(24)13-26-16-9-8-14-5-1-2-6-15(14)11-16/h1-2,5-6,8-9,11,17H,3-4,7,10,12-13H2,(H2,21,25)/t17-/m0/s1. The molecule has 7 nitrogen and oxygen atoms in total. The number of nitrogens with two attached hydrogens (primary N) is 1. The number of benzene rings is 2. The number of carbonyl (C=O) groups is 3. The Morgan fingerprint density at radius 3 is 2.59 bits per heavy atom. The average Bonchev–Trinajstić information content (AvgIpc) is 2.70. The minimum Gasteiger partial charge on any atom is -0.482 e. The lowest BCUT2D eigenvalue weighted by atomic mass is 10.0. The molecule has 0 saturated carbocycles. The van der Waals surface area contributed by atoms with Gasteiger partial charge in [-0.25, -0.2) is 4.79 Å². The van der Waals surface area contributed by atoms with Gasteiger partial charge in [0, 0.05) is 6.54 Å². The Balaban J connectivity index is 1.48. The number of hydrogen-bond donors (Lipinski definition) is 1. The SMILES string of the molecule is NC(=O)[C@@H]1CCCCN1C(=O)COC(=O)COc1ccc2ccccc2c1. The van der Waals surface area contributed by atoms with Crippen molar-refractivity contribution in [2.24, 2.45) is 5.73 Å². The quantitative estimate of drug-likeness (QED) is 0.779. The number of rotatable bonds is 6. The van der Waals surface area contributed by atoms with Crippen LogP contribution in [0.25, 0.3) is 10.8 Å². The fourth-order valence-corrected chi connectivity index (χ4v) is 3.19. The maximum Gasteiger partial charge on any atom is 0.344 e. The van der Waals surface area contributed by atoms with Crippen molar-refractivity contribution in [2.75, 3.05) is 19.8 Å². The molecular weight excluding hydrogens is 348 g/mol. The Labute approximate surface area is 157 Å². The number of esters is 1. The van der Waals surface area contributed by atoms with Crippen LogP contribution in [0, 0.1) is 0 Å². The summed E-state index contributed by atoms with van der Waals surface area (Å²) < 4.78 is 10.4. The van der Waals surface area contributed by atoms with Gasteiger partial charge in [-0.1, -0.05) is 30.3 Å². The minimum atomic E-state index is -0.649. The largest absolute Gasteiger partial charge is 0.482 e. The van der Waals surface area contributed by atoms with Gasteiger partial charge in [-0.05, 0) is 42.2 Å². The van der Waals surface area contributed by atoms with Gasteiger partial charge in [0.2, 0.25) is 5.91 Å². The van der Waals surface area contributed by atoms with E-state index in [1.165, 1.54) is 4.90 Å². The van der Waals surface area contributed by atoms with E-state index in [1.54, 1.807) is 6.07 Å². The Hall–Kier alpha value is -3.09. The van der Waals surface area contributed by atoms with Crippen molar-refractivity contribution < 1.29 is 23.9 Å². The summed E-state index contributed by atoms with van der Waals surface area (Å²) in [4.78, 5) is 37.0. The Morgan fingerprint density at radius 2 is 1.81 bits per heavy atom. The summed E-state index contributed by atoms with van der Waals surface area (Å²) in [7, 11) is 0. The summed E-state index contributed by atoms with van der Waals surface area (Å²) in [6.45, 7) is -0.286. The van der Waals surface area contributed by atoms with Crippen LogP contribution in [-0.2, 0) is 19.1 Å². The molecule has 1 heterocycles. The summed E-state index contributed by atoms with van der Waals surface area (Å²) in [5, 5.41) is 2.07. The fraction of sp³-hybridized carbons (Fsp3) is 0.350. The van der Waals surface area contributed by atoms with Crippen LogP contribution in [0.15, 0.2) is 42.5 Å². The van der Waals surface area contributed by atoms with E-state index in [0.717, 1.165) is 23.6 Å². The van der Waals surface area contributed by atoms with E-state index in [4.69, 9.17) is 15.2 Å². The molecular formula is C20H22N2O5. The van der Waals surface area contributed by atoms with Gasteiger partial charge in [0.25, 0.3) is 5.91 Å². The number of carbonyl (C=O) groups excluding carboxylic acids is 3. The molecule has 2 N–H and O–H groups in total. The highest BCUT2D eigenvalue weighted by molar-refractivity contribution is 5.88. The number of amides is 2. The molecule has 0 spiro atoms. The Bertz CT molecular complexity index is 851. The summed E-state index contributed by atoms with van der Waals surface area (Å²) in [6, 6.07) is 12.7. The molecule has 0 bridgehead atoms. The molecule has 0 aliphatic carbocycles. The number of piperidine rings is 1. The minimum absolute atomic E-state index is 0.301. The Kier molecular flexibility index (Phi) is 5.90. The van der Waals surface area contributed by atoms with E-state index in [2.05, 4.69) is 0 Å². The zero-order valence-corrected chi connectivity index (χ0v) is 14.9. The van der Waals surface area contributed by atoms with E-state index < -0.39 is 30.4 Å². The molecule has 2 aromatic carbocycles. The van der Waals surface area contributed by atoms with Crippen molar-refractivity contribution in [2.45, 2.75) is 25.3 Å². The smallest absolute Gasteiger partial charge is 0.344 e. The first-order valence-corrected chi connectivity index (χ1v) is 8.90. The van der Waals surface area contributed by atoms with Crippen LogP contribution in [0.5, 0.6) is 5.75 Å². The first kappa shape index (κ1) is 18.7. The zero-order valence-electron chi connectivity index (χ0n) is 14.9. The van der Waals surface area contributed by atoms with E-state index in [-0.39, 0.29) is 6.61 Å². The van der Waals surface area contributed by atoms with Crippen molar-refractivity contribution in [1.29, 1.82) is 0 Å². The number of fused-ring (bicyclic) bond motifs is 1. The summed E-state index contributed by atoms with van der Waals surface area (Å²) in [5.41, 5.74) is 5.34. The topological polar surface area (TPSA) is 98.9 Å². The van der Waals surface area contributed by atoms with Gasteiger partial charge in [0.1, 0.15) is 11.8 Å². The average molecular weight is 370 g/mol. The van der Waals surface area contributed by atoms with Gasteiger partial charge < -0.3 is 20.1 Å². The van der Waals surface area contributed by atoms with Crippen molar-refractivity contribution in [1.82, 2.24) is 4.90 Å². The molecule has 0 radical (unpaired) electrons. The van der Waals surface area contributed by atoms with Gasteiger partial charge in [-0.2, -0.15) is 0 Å². The van der Waals surface area contributed by atoms with Crippen LogP contribution in [-0.4, -0.2) is 48.5 Å². The summed E-state index contributed by atoms with van der Waals surface area (Å²) >= 11 is 0. The van der Waals surface area contributed by atoms with E-state index in [1.807, 2.05) is 36.4 Å². The van der Waals surface area contributed by atoms with Crippen LogP contribution in [0.1, 0.15) is 19.3 Å². The summed E-state index contributed by atoms with van der Waals surface area (Å²) in [5.74, 6) is -1.06. The third-order valence-corrected chi connectivity index (χ3v) is 4.59. The fourth-order valence-electron chi connectivity index (χ4n) is 3.19. The van der Waals surface area contributed by atoms with Gasteiger partial charge in [0.15, 0.2) is 13.2 Å². The number of ether oxygens (including phenoxy) is 2. The van der Waals surface area contributed by atoms with Crippen LogP contribution < -0.4 is 10.5 Å². The molecule has 142 valence electrons.